The van der Waals surface area contributed by atoms with Crippen LogP contribution in [-0.4, -0.2) is 43.7 Å². The van der Waals surface area contributed by atoms with Crippen LogP contribution in [0.2, 0.25) is 0 Å². The highest BCUT2D eigenvalue weighted by molar-refractivity contribution is 5.09. The minimum Gasteiger partial charge on any atom is -0.396 e. The fraction of sp³-hybridized carbons (Fsp3) is 0.455. The molecule has 0 spiro atoms. The average Bonchev–Trinajstić information content (AvgIpc) is 2.34. The number of hydrogen-bond donors (Lipinski definition) is 4. The number of aromatic amines is 1. The number of nitrogens with zero attached hydrogens (tertiary/aromatic N) is 1. The van der Waals surface area contributed by atoms with Gasteiger partial charge in [-0.3, -0.25) is 14.3 Å². The maximum absolute atomic E-state index is 11.6. The zero-order valence-corrected chi connectivity index (χ0v) is 9.43. The van der Waals surface area contributed by atoms with Crippen molar-refractivity contribution in [2.24, 2.45) is 5.92 Å². The molecular weight excluding hydrogens is 240 g/mol. The molecule has 0 saturated heterocycles. The van der Waals surface area contributed by atoms with Crippen molar-refractivity contribution >= 4 is 0 Å². The summed E-state index contributed by atoms with van der Waals surface area (Å²) in [6.07, 6.45) is 1.93. The number of rotatable bonds is 2. The van der Waals surface area contributed by atoms with Crippen LogP contribution < -0.4 is 11.2 Å². The van der Waals surface area contributed by atoms with Crippen molar-refractivity contribution in [1.82, 2.24) is 9.55 Å². The van der Waals surface area contributed by atoms with Crippen LogP contribution in [0.1, 0.15) is 6.04 Å². The third-order valence-corrected chi connectivity index (χ3v) is 3.08. The fourth-order valence-corrected chi connectivity index (χ4v) is 2.03. The lowest BCUT2D eigenvalue weighted by molar-refractivity contribution is -0.0427. The second-order valence-corrected chi connectivity index (χ2v) is 4.22. The van der Waals surface area contributed by atoms with Gasteiger partial charge in [-0.2, -0.15) is 0 Å². The number of hydrogen-bond acceptors (Lipinski definition) is 5. The third kappa shape index (κ3) is 2.15. The molecule has 0 aromatic carbocycles. The van der Waals surface area contributed by atoms with E-state index in [1.54, 1.807) is 6.08 Å². The van der Waals surface area contributed by atoms with E-state index in [1.807, 2.05) is 0 Å². The SMILES string of the molecule is O=c1ccn([C@H]2C=C[C@@H](CO)[C@H](O)[C@H]2O)c(=O)[nH]1. The molecule has 4 atom stereocenters. The summed E-state index contributed by atoms with van der Waals surface area (Å²) < 4.78 is 1.12. The van der Waals surface area contributed by atoms with Crippen LogP contribution in [-0.2, 0) is 0 Å². The van der Waals surface area contributed by atoms with E-state index in [2.05, 4.69) is 4.98 Å². The molecule has 0 fully saturated rings. The highest BCUT2D eigenvalue weighted by Crippen LogP contribution is 2.25. The average molecular weight is 254 g/mol. The Hall–Kier alpha value is -1.70. The number of nitrogens with one attached hydrogen (secondary N) is 1. The minimum atomic E-state index is -1.23. The first-order valence-electron chi connectivity index (χ1n) is 5.51. The van der Waals surface area contributed by atoms with Gasteiger partial charge >= 0.3 is 5.69 Å². The molecule has 1 aliphatic rings. The van der Waals surface area contributed by atoms with Crippen LogP contribution in [0.4, 0.5) is 0 Å². The second-order valence-electron chi connectivity index (χ2n) is 4.22. The van der Waals surface area contributed by atoms with E-state index >= 15 is 0 Å². The molecule has 2 rings (SSSR count). The summed E-state index contributed by atoms with van der Waals surface area (Å²) in [4.78, 5) is 24.6. The molecule has 0 radical (unpaired) electrons. The first-order valence-corrected chi connectivity index (χ1v) is 5.51. The summed E-state index contributed by atoms with van der Waals surface area (Å²) >= 11 is 0. The maximum atomic E-state index is 11.6. The Bertz CT molecular complexity index is 561. The summed E-state index contributed by atoms with van der Waals surface area (Å²) in [5.74, 6) is -0.560. The van der Waals surface area contributed by atoms with E-state index in [-0.39, 0.29) is 6.61 Å². The summed E-state index contributed by atoms with van der Waals surface area (Å²) in [6.45, 7) is -0.290. The summed E-state index contributed by atoms with van der Waals surface area (Å²) in [5.41, 5.74) is -1.19. The minimum absolute atomic E-state index is 0.290. The van der Waals surface area contributed by atoms with Crippen LogP contribution in [0.3, 0.4) is 0 Å². The maximum Gasteiger partial charge on any atom is 0.328 e. The smallest absolute Gasteiger partial charge is 0.328 e. The van der Waals surface area contributed by atoms with Crippen molar-refractivity contribution in [3.05, 3.63) is 45.3 Å². The Morgan fingerprint density at radius 1 is 1.22 bits per heavy atom. The molecule has 1 aromatic rings. The van der Waals surface area contributed by atoms with E-state index in [9.17, 15) is 19.8 Å². The third-order valence-electron chi connectivity index (χ3n) is 3.08. The van der Waals surface area contributed by atoms with Gasteiger partial charge in [-0.15, -0.1) is 0 Å². The summed E-state index contributed by atoms with van der Waals surface area (Å²) in [6, 6.07) is 0.388. The normalized spacial score (nSPS) is 31.5. The van der Waals surface area contributed by atoms with Gasteiger partial charge in [0.2, 0.25) is 0 Å². The number of aromatic nitrogens is 2. The Balaban J connectivity index is 2.40. The number of aliphatic hydroxyl groups is 3. The molecule has 0 unspecified atom stereocenters. The lowest BCUT2D eigenvalue weighted by atomic mass is 9.87. The van der Waals surface area contributed by atoms with Gasteiger partial charge in [-0.25, -0.2) is 4.79 Å². The monoisotopic (exact) mass is 254 g/mol. The highest BCUT2D eigenvalue weighted by Gasteiger charge is 2.34. The van der Waals surface area contributed by atoms with Crippen LogP contribution in [0.5, 0.6) is 0 Å². The zero-order chi connectivity index (χ0) is 13.3. The molecule has 1 heterocycles. The Morgan fingerprint density at radius 2 is 1.94 bits per heavy atom. The molecular formula is C11H14N2O5. The van der Waals surface area contributed by atoms with Gasteiger partial charge in [0, 0.05) is 18.2 Å². The highest BCUT2D eigenvalue weighted by atomic mass is 16.3. The van der Waals surface area contributed by atoms with Crippen molar-refractivity contribution in [3.8, 4) is 0 Å². The molecule has 4 N–H and O–H groups in total. The lowest BCUT2D eigenvalue weighted by Crippen LogP contribution is -2.46. The van der Waals surface area contributed by atoms with Crippen LogP contribution >= 0.6 is 0 Å². The van der Waals surface area contributed by atoms with Crippen molar-refractivity contribution in [1.29, 1.82) is 0 Å². The zero-order valence-electron chi connectivity index (χ0n) is 9.43. The van der Waals surface area contributed by atoms with Crippen molar-refractivity contribution in [3.63, 3.8) is 0 Å². The van der Waals surface area contributed by atoms with Crippen LogP contribution in [0.25, 0.3) is 0 Å². The van der Waals surface area contributed by atoms with Gasteiger partial charge in [0.1, 0.15) is 6.10 Å². The topological polar surface area (TPSA) is 116 Å². The molecule has 0 bridgehead atoms. The van der Waals surface area contributed by atoms with Crippen LogP contribution in [0.15, 0.2) is 34.0 Å². The van der Waals surface area contributed by atoms with Gasteiger partial charge in [0.15, 0.2) is 0 Å². The quantitative estimate of drug-likeness (QED) is 0.455. The van der Waals surface area contributed by atoms with Gasteiger partial charge in [0.05, 0.1) is 18.8 Å². The molecule has 1 aromatic heterocycles. The second kappa shape index (κ2) is 4.89. The van der Waals surface area contributed by atoms with E-state index in [0.29, 0.717) is 0 Å². The number of H-pyrrole nitrogens is 1. The predicted octanol–water partition coefficient (Wildman–Crippen LogP) is -2.02. The Labute approximate surface area is 102 Å². The van der Waals surface area contributed by atoms with Crippen molar-refractivity contribution in [2.75, 3.05) is 6.61 Å². The lowest BCUT2D eigenvalue weighted by Gasteiger charge is -2.33. The standard InChI is InChI=1S/C11H14N2O5/c14-5-6-1-2-7(10(17)9(6)16)13-4-3-8(15)12-11(13)18/h1-4,6-7,9-10,14,16-17H,5H2,(H,12,15,18)/t6-,7-,9-,10-/m0/s1. The molecule has 0 aliphatic heterocycles. The van der Waals surface area contributed by atoms with Crippen LogP contribution in [0, 0.1) is 5.92 Å². The predicted molar refractivity (Wildman–Crippen MR) is 62.1 cm³/mol. The molecule has 0 saturated carbocycles. The van der Waals surface area contributed by atoms with Gasteiger partial charge in [-0.05, 0) is 0 Å². The van der Waals surface area contributed by atoms with Crippen molar-refractivity contribution in [2.45, 2.75) is 18.2 Å². The fourth-order valence-electron chi connectivity index (χ4n) is 2.03. The van der Waals surface area contributed by atoms with Gasteiger partial charge in [0.25, 0.3) is 5.56 Å². The van der Waals surface area contributed by atoms with Gasteiger partial charge < -0.3 is 15.3 Å². The molecule has 18 heavy (non-hydrogen) atoms. The molecule has 7 heteroatoms. The van der Waals surface area contributed by atoms with E-state index in [1.165, 1.54) is 12.3 Å². The Morgan fingerprint density at radius 3 is 2.56 bits per heavy atom. The molecule has 1 aliphatic carbocycles. The first-order chi connectivity index (χ1) is 8.54. The number of aliphatic hydroxyl groups excluding tert-OH is 3. The van der Waals surface area contributed by atoms with Gasteiger partial charge in [-0.1, -0.05) is 12.2 Å². The van der Waals surface area contributed by atoms with E-state index in [4.69, 9.17) is 5.11 Å². The van der Waals surface area contributed by atoms with Crippen molar-refractivity contribution < 1.29 is 15.3 Å². The summed E-state index contributed by atoms with van der Waals surface area (Å²) in [5, 5.41) is 28.7. The molecule has 98 valence electrons. The Kier molecular flexibility index (Phi) is 3.46. The summed E-state index contributed by atoms with van der Waals surface area (Å²) in [7, 11) is 0. The molecule has 0 amide bonds. The van der Waals surface area contributed by atoms with E-state index < -0.39 is 35.4 Å². The molecule has 7 nitrogen and oxygen atoms in total. The van der Waals surface area contributed by atoms with E-state index in [0.717, 1.165) is 10.6 Å². The first kappa shape index (κ1) is 12.7. The largest absolute Gasteiger partial charge is 0.396 e.